The Hall–Kier alpha value is -2.16. The van der Waals surface area contributed by atoms with E-state index in [2.05, 4.69) is 24.1 Å². The first-order valence-corrected chi connectivity index (χ1v) is 6.41. The number of nitrogens with one attached hydrogen (secondary N) is 1. The molecule has 0 aliphatic rings. The van der Waals surface area contributed by atoms with Gasteiger partial charge in [-0.2, -0.15) is 0 Å². The summed E-state index contributed by atoms with van der Waals surface area (Å²) in [6, 6.07) is 11.4. The zero-order chi connectivity index (χ0) is 13.8. The summed E-state index contributed by atoms with van der Waals surface area (Å²) in [4.78, 5) is 16.3. The highest BCUT2D eigenvalue weighted by Gasteiger charge is 2.08. The SMILES string of the molecule is Cc1ncccc1NC(=O)c1ccc(C(C)C)cc1. The van der Waals surface area contributed by atoms with E-state index in [1.54, 1.807) is 6.20 Å². The van der Waals surface area contributed by atoms with Crippen molar-refractivity contribution in [2.75, 3.05) is 5.32 Å². The van der Waals surface area contributed by atoms with E-state index in [0.29, 0.717) is 11.5 Å². The Bertz CT molecular complexity index is 574. The van der Waals surface area contributed by atoms with Crippen molar-refractivity contribution >= 4 is 11.6 Å². The van der Waals surface area contributed by atoms with E-state index < -0.39 is 0 Å². The van der Waals surface area contributed by atoms with Gasteiger partial charge in [0.25, 0.3) is 5.91 Å². The molecule has 1 N–H and O–H groups in total. The molecule has 1 heterocycles. The summed E-state index contributed by atoms with van der Waals surface area (Å²) in [6.45, 7) is 6.14. The fraction of sp³-hybridized carbons (Fsp3) is 0.250. The highest BCUT2D eigenvalue weighted by atomic mass is 16.1. The summed E-state index contributed by atoms with van der Waals surface area (Å²) in [5, 5.41) is 2.87. The Morgan fingerprint density at radius 1 is 1.16 bits per heavy atom. The lowest BCUT2D eigenvalue weighted by atomic mass is 10.0. The van der Waals surface area contributed by atoms with Gasteiger partial charge in [0, 0.05) is 11.8 Å². The highest BCUT2D eigenvalue weighted by Crippen LogP contribution is 2.16. The molecule has 1 amide bonds. The fourth-order valence-corrected chi connectivity index (χ4v) is 1.83. The van der Waals surface area contributed by atoms with Crippen molar-refractivity contribution in [2.45, 2.75) is 26.7 Å². The van der Waals surface area contributed by atoms with E-state index in [1.807, 2.05) is 43.3 Å². The van der Waals surface area contributed by atoms with Crippen LogP contribution in [0.2, 0.25) is 0 Å². The van der Waals surface area contributed by atoms with Crippen molar-refractivity contribution in [2.24, 2.45) is 0 Å². The number of hydrogen-bond donors (Lipinski definition) is 1. The summed E-state index contributed by atoms with van der Waals surface area (Å²) < 4.78 is 0. The number of rotatable bonds is 3. The molecule has 1 aromatic carbocycles. The number of benzene rings is 1. The molecular formula is C16H18N2O. The third-order valence-corrected chi connectivity index (χ3v) is 3.09. The normalized spacial score (nSPS) is 10.5. The van der Waals surface area contributed by atoms with Gasteiger partial charge in [0.2, 0.25) is 0 Å². The molecule has 0 saturated heterocycles. The van der Waals surface area contributed by atoms with Crippen molar-refractivity contribution in [3.8, 4) is 0 Å². The largest absolute Gasteiger partial charge is 0.320 e. The molecule has 0 unspecified atom stereocenters. The molecule has 0 aliphatic heterocycles. The van der Waals surface area contributed by atoms with Crippen molar-refractivity contribution in [3.05, 3.63) is 59.4 Å². The molecule has 1 aromatic heterocycles. The smallest absolute Gasteiger partial charge is 0.255 e. The zero-order valence-corrected chi connectivity index (χ0v) is 11.5. The second kappa shape index (κ2) is 5.65. The Kier molecular flexibility index (Phi) is 3.95. The van der Waals surface area contributed by atoms with Gasteiger partial charge < -0.3 is 5.32 Å². The molecule has 19 heavy (non-hydrogen) atoms. The molecule has 0 aliphatic carbocycles. The highest BCUT2D eigenvalue weighted by molar-refractivity contribution is 6.04. The lowest BCUT2D eigenvalue weighted by Gasteiger charge is -2.09. The van der Waals surface area contributed by atoms with Crippen molar-refractivity contribution in [3.63, 3.8) is 0 Å². The van der Waals surface area contributed by atoms with Crippen LogP contribution in [0.25, 0.3) is 0 Å². The number of amides is 1. The lowest BCUT2D eigenvalue weighted by molar-refractivity contribution is 0.102. The number of carbonyl (C=O) groups is 1. The number of carbonyl (C=O) groups excluding carboxylic acids is 1. The van der Waals surface area contributed by atoms with Gasteiger partial charge in [-0.25, -0.2) is 0 Å². The van der Waals surface area contributed by atoms with Gasteiger partial charge >= 0.3 is 0 Å². The van der Waals surface area contributed by atoms with Gasteiger partial charge in [0.05, 0.1) is 11.4 Å². The fourth-order valence-electron chi connectivity index (χ4n) is 1.83. The second-order valence-corrected chi connectivity index (χ2v) is 4.87. The number of nitrogens with zero attached hydrogens (tertiary/aromatic N) is 1. The van der Waals surface area contributed by atoms with Gasteiger partial charge in [0.1, 0.15) is 0 Å². The van der Waals surface area contributed by atoms with Gasteiger partial charge in [-0.3, -0.25) is 9.78 Å². The third kappa shape index (κ3) is 3.19. The maximum Gasteiger partial charge on any atom is 0.255 e. The van der Waals surface area contributed by atoms with Gasteiger partial charge in [0.15, 0.2) is 0 Å². The molecule has 0 spiro atoms. The second-order valence-electron chi connectivity index (χ2n) is 4.87. The molecule has 0 bridgehead atoms. The molecule has 3 heteroatoms. The predicted molar refractivity (Wildman–Crippen MR) is 77.5 cm³/mol. The van der Waals surface area contributed by atoms with Gasteiger partial charge in [-0.1, -0.05) is 26.0 Å². The van der Waals surface area contributed by atoms with Crippen LogP contribution in [0.1, 0.15) is 41.4 Å². The van der Waals surface area contributed by atoms with E-state index in [-0.39, 0.29) is 5.91 Å². The molecule has 0 atom stereocenters. The molecule has 0 radical (unpaired) electrons. The number of aromatic nitrogens is 1. The molecule has 98 valence electrons. The molecule has 0 saturated carbocycles. The molecule has 2 rings (SSSR count). The average Bonchev–Trinajstić information content (AvgIpc) is 2.41. The van der Waals surface area contributed by atoms with Gasteiger partial charge in [-0.15, -0.1) is 0 Å². The maximum absolute atomic E-state index is 12.1. The maximum atomic E-state index is 12.1. The molecule has 2 aromatic rings. The summed E-state index contributed by atoms with van der Waals surface area (Å²) in [5.74, 6) is 0.365. The van der Waals surface area contributed by atoms with Crippen molar-refractivity contribution in [1.82, 2.24) is 4.98 Å². The third-order valence-electron chi connectivity index (χ3n) is 3.09. The van der Waals surface area contributed by atoms with Crippen LogP contribution in [-0.4, -0.2) is 10.9 Å². The van der Waals surface area contributed by atoms with Crippen molar-refractivity contribution in [1.29, 1.82) is 0 Å². The van der Waals surface area contributed by atoms with E-state index >= 15 is 0 Å². The Labute approximate surface area is 113 Å². The average molecular weight is 254 g/mol. The van der Waals surface area contributed by atoms with E-state index in [0.717, 1.165) is 11.4 Å². The summed E-state index contributed by atoms with van der Waals surface area (Å²) >= 11 is 0. The van der Waals surface area contributed by atoms with E-state index in [1.165, 1.54) is 5.56 Å². The van der Waals surface area contributed by atoms with E-state index in [4.69, 9.17) is 0 Å². The minimum atomic E-state index is -0.105. The number of pyridine rings is 1. The Morgan fingerprint density at radius 3 is 2.42 bits per heavy atom. The number of anilines is 1. The van der Waals surface area contributed by atoms with Gasteiger partial charge in [-0.05, 0) is 42.7 Å². The van der Waals surface area contributed by atoms with Crippen LogP contribution >= 0.6 is 0 Å². The molecule has 0 fully saturated rings. The Balaban J connectivity index is 2.14. The van der Waals surface area contributed by atoms with Crippen LogP contribution in [0.15, 0.2) is 42.6 Å². The van der Waals surface area contributed by atoms with E-state index in [9.17, 15) is 4.79 Å². The first kappa shape index (κ1) is 13.3. The monoisotopic (exact) mass is 254 g/mol. The number of aryl methyl sites for hydroxylation is 1. The minimum absolute atomic E-state index is 0.105. The summed E-state index contributed by atoms with van der Waals surface area (Å²) in [7, 11) is 0. The zero-order valence-electron chi connectivity index (χ0n) is 11.5. The van der Waals surface area contributed by atoms with Crippen molar-refractivity contribution < 1.29 is 4.79 Å². The lowest BCUT2D eigenvalue weighted by Crippen LogP contribution is -2.13. The summed E-state index contributed by atoms with van der Waals surface area (Å²) in [5.41, 5.74) is 3.46. The molecular weight excluding hydrogens is 236 g/mol. The standard InChI is InChI=1S/C16H18N2O/c1-11(2)13-6-8-14(9-7-13)16(19)18-15-5-4-10-17-12(15)3/h4-11H,1-3H3,(H,18,19). The van der Waals surface area contributed by atoms with Crippen LogP contribution in [0, 0.1) is 6.92 Å². The van der Waals surface area contributed by atoms with Crippen LogP contribution in [0.3, 0.4) is 0 Å². The van der Waals surface area contributed by atoms with Crippen LogP contribution in [-0.2, 0) is 0 Å². The first-order chi connectivity index (χ1) is 9.08. The van der Waals surface area contributed by atoms with Crippen LogP contribution in [0.4, 0.5) is 5.69 Å². The van der Waals surface area contributed by atoms with Crippen LogP contribution in [0.5, 0.6) is 0 Å². The molecule has 3 nitrogen and oxygen atoms in total. The minimum Gasteiger partial charge on any atom is -0.320 e. The topological polar surface area (TPSA) is 42.0 Å². The number of hydrogen-bond acceptors (Lipinski definition) is 2. The predicted octanol–water partition coefficient (Wildman–Crippen LogP) is 3.77. The summed E-state index contributed by atoms with van der Waals surface area (Å²) in [6.07, 6.45) is 1.71. The van der Waals surface area contributed by atoms with Crippen LogP contribution < -0.4 is 5.32 Å². The Morgan fingerprint density at radius 2 is 1.84 bits per heavy atom. The quantitative estimate of drug-likeness (QED) is 0.906. The first-order valence-electron chi connectivity index (χ1n) is 6.41.